The molecule has 10 nitrogen and oxygen atoms in total. The fourth-order valence-electron chi connectivity index (χ4n) is 4.58. The highest BCUT2D eigenvalue weighted by atomic mass is 32.1. The largest absolute Gasteiger partial charge is 0.493 e. The average molecular weight is 592 g/mol. The first-order valence-corrected chi connectivity index (χ1v) is 14.3. The zero-order chi connectivity index (χ0) is 30.4. The lowest BCUT2D eigenvalue weighted by Gasteiger charge is -2.25. The highest BCUT2D eigenvalue weighted by molar-refractivity contribution is 7.07. The number of hydrogen-bond donors (Lipinski definition) is 0. The molecular formula is C31H33N3O7S. The Morgan fingerprint density at radius 1 is 1.10 bits per heavy atom. The first-order chi connectivity index (χ1) is 20.2. The molecule has 220 valence electrons. The van der Waals surface area contributed by atoms with Crippen LogP contribution in [-0.2, 0) is 9.53 Å². The normalized spacial score (nSPS) is 14.6. The van der Waals surface area contributed by atoms with Crippen LogP contribution in [0.25, 0.3) is 6.08 Å². The number of nitriles is 1. The predicted octanol–water partition coefficient (Wildman–Crippen LogP) is 3.90. The van der Waals surface area contributed by atoms with Crippen molar-refractivity contribution in [3.8, 4) is 29.1 Å². The SMILES string of the molecule is CCOC(=O)C1=C(C)N=c2s/c(=C\c3ccc(OCC#N)c(OCC)c3)c(=O)n2[C@@H]1c1ccc(OC(C)C)c(OC)c1. The summed E-state index contributed by atoms with van der Waals surface area (Å²) >= 11 is 1.22. The van der Waals surface area contributed by atoms with E-state index in [0.717, 1.165) is 0 Å². The summed E-state index contributed by atoms with van der Waals surface area (Å²) in [7, 11) is 1.54. The van der Waals surface area contributed by atoms with Crippen molar-refractivity contribution in [2.75, 3.05) is 26.9 Å². The van der Waals surface area contributed by atoms with Gasteiger partial charge in [0.05, 0.1) is 48.3 Å². The Kier molecular flexibility index (Phi) is 9.70. The molecule has 1 aliphatic heterocycles. The van der Waals surface area contributed by atoms with Crippen LogP contribution in [0.3, 0.4) is 0 Å². The summed E-state index contributed by atoms with van der Waals surface area (Å²) in [4.78, 5) is 32.3. The summed E-state index contributed by atoms with van der Waals surface area (Å²) in [6.45, 7) is 9.60. The predicted molar refractivity (Wildman–Crippen MR) is 158 cm³/mol. The van der Waals surface area contributed by atoms with E-state index in [9.17, 15) is 9.59 Å². The number of aromatic nitrogens is 1. The first-order valence-electron chi connectivity index (χ1n) is 13.5. The molecule has 0 aliphatic carbocycles. The minimum atomic E-state index is -0.801. The van der Waals surface area contributed by atoms with Crippen molar-refractivity contribution >= 4 is 23.4 Å². The number of ether oxygens (including phenoxy) is 5. The minimum absolute atomic E-state index is 0.0742. The highest BCUT2D eigenvalue weighted by Crippen LogP contribution is 2.36. The van der Waals surface area contributed by atoms with Gasteiger partial charge in [0.1, 0.15) is 6.07 Å². The Labute approximate surface area is 247 Å². The molecule has 1 aliphatic rings. The number of allylic oxidation sites excluding steroid dienone is 1. The molecule has 0 N–H and O–H groups in total. The molecule has 4 rings (SSSR count). The van der Waals surface area contributed by atoms with Gasteiger partial charge in [0.2, 0.25) is 0 Å². The standard InChI is InChI=1S/C31H33N3O7S/c1-7-38-25-15-20(9-11-22(25)40-14-13-32)16-26-29(35)34-28(21-10-12-23(41-18(3)4)24(17-21)37-6)27(30(36)39-8-2)19(5)33-31(34)42-26/h9-12,15-18,28H,7-8,14H2,1-6H3/b26-16-/t28-/m1/s1. The molecule has 0 spiro atoms. The second-order valence-electron chi connectivity index (χ2n) is 9.47. The number of nitrogens with zero attached hydrogens (tertiary/aromatic N) is 3. The number of carbonyl (C=O) groups is 1. The van der Waals surface area contributed by atoms with Gasteiger partial charge in [-0.3, -0.25) is 9.36 Å². The van der Waals surface area contributed by atoms with Gasteiger partial charge >= 0.3 is 5.97 Å². The van der Waals surface area contributed by atoms with E-state index < -0.39 is 12.0 Å². The molecule has 0 bridgehead atoms. The van der Waals surface area contributed by atoms with Crippen molar-refractivity contribution in [3.63, 3.8) is 0 Å². The number of fused-ring (bicyclic) bond motifs is 1. The quantitative estimate of drug-likeness (QED) is 0.308. The number of rotatable bonds is 11. The van der Waals surface area contributed by atoms with Gasteiger partial charge in [-0.2, -0.15) is 5.26 Å². The average Bonchev–Trinajstić information content (AvgIpc) is 3.26. The second-order valence-corrected chi connectivity index (χ2v) is 10.5. The fourth-order valence-corrected chi connectivity index (χ4v) is 5.62. The molecule has 0 fully saturated rings. The Hall–Kier alpha value is -4.56. The molecule has 2 aromatic carbocycles. The van der Waals surface area contributed by atoms with Crippen molar-refractivity contribution in [3.05, 3.63) is 78.5 Å². The summed E-state index contributed by atoms with van der Waals surface area (Å²) in [6, 6.07) is 11.7. The third kappa shape index (κ3) is 6.34. The fraction of sp³-hybridized carbons (Fsp3) is 0.355. The lowest BCUT2D eigenvalue weighted by molar-refractivity contribution is -0.139. The van der Waals surface area contributed by atoms with Crippen LogP contribution >= 0.6 is 11.3 Å². The van der Waals surface area contributed by atoms with E-state index in [1.54, 1.807) is 50.3 Å². The first kappa shape index (κ1) is 30.4. The van der Waals surface area contributed by atoms with E-state index in [1.165, 1.54) is 23.0 Å². The molecule has 11 heteroatoms. The van der Waals surface area contributed by atoms with E-state index in [4.69, 9.17) is 28.9 Å². The van der Waals surface area contributed by atoms with E-state index in [-0.39, 0.29) is 30.5 Å². The Bertz CT molecular complexity index is 1730. The summed E-state index contributed by atoms with van der Waals surface area (Å²) in [5, 5.41) is 8.88. The third-order valence-electron chi connectivity index (χ3n) is 6.24. The molecule has 0 saturated carbocycles. The molecular weight excluding hydrogens is 558 g/mol. The van der Waals surface area contributed by atoms with Crippen LogP contribution in [0, 0.1) is 11.3 Å². The van der Waals surface area contributed by atoms with Gasteiger partial charge in [-0.25, -0.2) is 9.79 Å². The monoisotopic (exact) mass is 591 g/mol. The Morgan fingerprint density at radius 2 is 1.86 bits per heavy atom. The van der Waals surface area contributed by atoms with Gasteiger partial charge in [-0.05, 0) is 76.1 Å². The van der Waals surface area contributed by atoms with Crippen LogP contribution in [0.5, 0.6) is 23.0 Å². The second kappa shape index (κ2) is 13.4. The van der Waals surface area contributed by atoms with Crippen LogP contribution < -0.4 is 33.8 Å². The van der Waals surface area contributed by atoms with Crippen LogP contribution in [0.4, 0.5) is 0 Å². The Morgan fingerprint density at radius 3 is 2.52 bits per heavy atom. The molecule has 42 heavy (non-hydrogen) atoms. The molecule has 3 aromatic rings. The highest BCUT2D eigenvalue weighted by Gasteiger charge is 2.34. The molecule has 0 unspecified atom stereocenters. The van der Waals surface area contributed by atoms with Gasteiger partial charge in [0.25, 0.3) is 5.56 Å². The topological polar surface area (TPSA) is 121 Å². The van der Waals surface area contributed by atoms with E-state index >= 15 is 0 Å². The smallest absolute Gasteiger partial charge is 0.338 e. The molecule has 0 radical (unpaired) electrons. The number of esters is 1. The molecule has 1 atom stereocenters. The van der Waals surface area contributed by atoms with Crippen LogP contribution in [0.2, 0.25) is 0 Å². The number of methoxy groups -OCH3 is 1. The molecule has 1 aromatic heterocycles. The number of benzene rings is 2. The summed E-state index contributed by atoms with van der Waals surface area (Å²) in [5.74, 6) is 1.38. The van der Waals surface area contributed by atoms with Gasteiger partial charge < -0.3 is 23.7 Å². The van der Waals surface area contributed by atoms with E-state index in [1.807, 2.05) is 32.9 Å². The van der Waals surface area contributed by atoms with Crippen LogP contribution in [0.1, 0.15) is 51.8 Å². The maximum atomic E-state index is 14.0. The van der Waals surface area contributed by atoms with Gasteiger partial charge in [-0.1, -0.05) is 23.5 Å². The van der Waals surface area contributed by atoms with Gasteiger partial charge in [0.15, 0.2) is 34.4 Å². The zero-order valence-electron chi connectivity index (χ0n) is 24.4. The molecule has 0 saturated heterocycles. The van der Waals surface area contributed by atoms with Crippen LogP contribution in [-0.4, -0.2) is 43.6 Å². The van der Waals surface area contributed by atoms with Crippen LogP contribution in [0.15, 0.2) is 57.5 Å². The van der Waals surface area contributed by atoms with Crippen molar-refractivity contribution in [2.24, 2.45) is 4.99 Å². The lowest BCUT2D eigenvalue weighted by Crippen LogP contribution is -2.40. The van der Waals surface area contributed by atoms with Gasteiger partial charge in [-0.15, -0.1) is 0 Å². The lowest BCUT2D eigenvalue weighted by atomic mass is 9.95. The number of carbonyl (C=O) groups excluding carboxylic acids is 1. The molecule has 2 heterocycles. The number of hydrogen-bond acceptors (Lipinski definition) is 10. The number of thiazole rings is 1. The van der Waals surface area contributed by atoms with Gasteiger partial charge in [0, 0.05) is 0 Å². The Balaban J connectivity index is 1.89. The van der Waals surface area contributed by atoms with Crippen molar-refractivity contribution in [2.45, 2.75) is 46.8 Å². The zero-order valence-corrected chi connectivity index (χ0v) is 25.2. The summed E-state index contributed by atoms with van der Waals surface area (Å²) in [5.41, 5.74) is 1.76. The summed E-state index contributed by atoms with van der Waals surface area (Å²) < 4.78 is 30.0. The minimum Gasteiger partial charge on any atom is -0.493 e. The molecule has 0 amide bonds. The maximum Gasteiger partial charge on any atom is 0.338 e. The van der Waals surface area contributed by atoms with Crippen molar-refractivity contribution < 1.29 is 28.5 Å². The van der Waals surface area contributed by atoms with E-state index in [2.05, 4.69) is 4.99 Å². The summed E-state index contributed by atoms with van der Waals surface area (Å²) in [6.07, 6.45) is 1.66. The van der Waals surface area contributed by atoms with Crippen molar-refractivity contribution in [1.29, 1.82) is 5.26 Å². The maximum absolute atomic E-state index is 14.0. The van der Waals surface area contributed by atoms with Crippen molar-refractivity contribution in [1.82, 2.24) is 4.57 Å². The third-order valence-corrected chi connectivity index (χ3v) is 7.22. The van der Waals surface area contributed by atoms with E-state index in [0.29, 0.717) is 55.8 Å².